The van der Waals surface area contributed by atoms with Crippen molar-refractivity contribution in [1.82, 2.24) is 0 Å². The van der Waals surface area contributed by atoms with Crippen LogP contribution in [0.25, 0.3) is 0 Å². The van der Waals surface area contributed by atoms with E-state index in [0.29, 0.717) is 5.03 Å². The van der Waals surface area contributed by atoms with Gasteiger partial charge >= 0.3 is 5.97 Å². The molecule has 100 valence electrons. The number of carboxylic acid groups (broad SMARTS) is 1. The third-order valence-corrected chi connectivity index (χ3v) is 4.76. The quantitative estimate of drug-likeness (QED) is 0.506. The molecule has 3 N–H and O–H groups in total. The summed E-state index contributed by atoms with van der Waals surface area (Å²) in [6.45, 7) is 0. The Morgan fingerprint density at radius 1 is 1.50 bits per heavy atom. The molecule has 0 amide bonds. The van der Waals surface area contributed by atoms with Crippen molar-refractivity contribution in [1.29, 1.82) is 0 Å². The molecule has 0 fully saturated rings. The van der Waals surface area contributed by atoms with E-state index in [1.807, 2.05) is 0 Å². The second-order valence-electron chi connectivity index (χ2n) is 3.34. The lowest BCUT2D eigenvalue weighted by Crippen LogP contribution is -2.34. The standard InChI is InChI=1S/C6H6Cl2O2.C4H4O2S2/c7-4-1-2-6(8,10)5(9)3-4;5-4(6)3-1-2-7-8-3/h1-3,5,9-10H;1-3H,(H,5,6). The van der Waals surface area contributed by atoms with E-state index in [1.54, 1.807) is 11.5 Å². The maximum Gasteiger partial charge on any atom is 0.321 e. The van der Waals surface area contributed by atoms with Gasteiger partial charge in [0.2, 0.25) is 0 Å². The molecule has 1 aliphatic heterocycles. The second kappa shape index (κ2) is 6.88. The van der Waals surface area contributed by atoms with E-state index in [1.165, 1.54) is 39.8 Å². The lowest BCUT2D eigenvalue weighted by molar-refractivity contribution is -0.135. The van der Waals surface area contributed by atoms with Crippen molar-refractivity contribution in [2.24, 2.45) is 0 Å². The average molecular weight is 329 g/mol. The number of hydrogen-bond acceptors (Lipinski definition) is 5. The molecule has 4 nitrogen and oxygen atoms in total. The fourth-order valence-corrected chi connectivity index (χ4v) is 3.19. The predicted octanol–water partition coefficient (Wildman–Crippen LogP) is 2.32. The van der Waals surface area contributed by atoms with Gasteiger partial charge in [-0.05, 0) is 23.6 Å². The molecule has 2 rings (SSSR count). The minimum Gasteiger partial charge on any atom is -0.480 e. The molecule has 0 saturated carbocycles. The summed E-state index contributed by atoms with van der Waals surface area (Å²) in [6, 6.07) is 0. The van der Waals surface area contributed by atoms with E-state index in [-0.39, 0.29) is 5.25 Å². The first-order valence-electron chi connectivity index (χ1n) is 4.70. The molecule has 0 radical (unpaired) electrons. The van der Waals surface area contributed by atoms with Gasteiger partial charge in [-0.1, -0.05) is 50.9 Å². The molecular formula is C10H10Cl2O4S2. The summed E-state index contributed by atoms with van der Waals surface area (Å²) >= 11 is 10.9. The van der Waals surface area contributed by atoms with Gasteiger partial charge in [0, 0.05) is 5.03 Å². The van der Waals surface area contributed by atoms with Gasteiger partial charge in [0.1, 0.15) is 11.4 Å². The summed E-state index contributed by atoms with van der Waals surface area (Å²) in [5.41, 5.74) is 0. The topological polar surface area (TPSA) is 77.8 Å². The monoisotopic (exact) mass is 328 g/mol. The number of rotatable bonds is 1. The van der Waals surface area contributed by atoms with Gasteiger partial charge in [-0.15, -0.1) is 0 Å². The van der Waals surface area contributed by atoms with E-state index in [9.17, 15) is 4.79 Å². The third-order valence-electron chi connectivity index (χ3n) is 1.92. The molecule has 3 unspecified atom stereocenters. The molecule has 0 aromatic carbocycles. The number of aliphatic hydroxyl groups is 2. The molecule has 3 atom stereocenters. The number of halogens is 2. The fourth-order valence-electron chi connectivity index (χ4n) is 0.969. The minimum absolute atomic E-state index is 0.319. The number of alkyl halides is 1. The van der Waals surface area contributed by atoms with Crippen molar-refractivity contribution >= 4 is 50.8 Å². The molecule has 0 aromatic heterocycles. The van der Waals surface area contributed by atoms with Gasteiger partial charge in [0.05, 0.1) is 0 Å². The number of aliphatic hydroxyl groups excluding tert-OH is 1. The van der Waals surface area contributed by atoms with Crippen LogP contribution in [0.2, 0.25) is 0 Å². The summed E-state index contributed by atoms with van der Waals surface area (Å²) in [5, 5.41) is 26.6. The number of carboxylic acids is 1. The van der Waals surface area contributed by atoms with E-state index in [4.69, 9.17) is 38.5 Å². The van der Waals surface area contributed by atoms with Crippen LogP contribution in [0.5, 0.6) is 0 Å². The van der Waals surface area contributed by atoms with Crippen molar-refractivity contribution in [3.63, 3.8) is 0 Å². The van der Waals surface area contributed by atoms with E-state index >= 15 is 0 Å². The molecule has 0 saturated heterocycles. The van der Waals surface area contributed by atoms with Gasteiger partial charge in [-0.25, -0.2) is 0 Å². The first-order chi connectivity index (χ1) is 8.33. The SMILES string of the molecule is O=C(O)C1C=CSS1.OC1C=C(Cl)C=CC1(O)Cl. The van der Waals surface area contributed by atoms with Gasteiger partial charge in [0.15, 0.2) is 5.06 Å². The highest BCUT2D eigenvalue weighted by atomic mass is 35.5. The Kier molecular flexibility index (Phi) is 6.10. The lowest BCUT2D eigenvalue weighted by atomic mass is 10.1. The Bertz CT molecular complexity index is 407. The van der Waals surface area contributed by atoms with Crippen molar-refractivity contribution < 1.29 is 20.1 Å². The van der Waals surface area contributed by atoms with E-state index in [0.717, 1.165) is 0 Å². The largest absolute Gasteiger partial charge is 0.480 e. The molecule has 0 aromatic rings. The molecule has 0 bridgehead atoms. The third kappa shape index (κ3) is 4.87. The first kappa shape index (κ1) is 15.9. The lowest BCUT2D eigenvalue weighted by Gasteiger charge is -2.23. The first-order valence-corrected chi connectivity index (χ1v) is 7.73. The zero-order valence-electron chi connectivity index (χ0n) is 8.86. The molecule has 18 heavy (non-hydrogen) atoms. The van der Waals surface area contributed by atoms with Crippen LogP contribution < -0.4 is 0 Å². The second-order valence-corrected chi connectivity index (χ2v) is 6.70. The Morgan fingerprint density at radius 3 is 2.50 bits per heavy atom. The van der Waals surface area contributed by atoms with Crippen LogP contribution in [0.4, 0.5) is 0 Å². The molecule has 0 spiro atoms. The average Bonchev–Trinajstić information content (AvgIpc) is 2.79. The predicted molar refractivity (Wildman–Crippen MR) is 75.6 cm³/mol. The smallest absolute Gasteiger partial charge is 0.321 e. The minimum atomic E-state index is -1.70. The van der Waals surface area contributed by atoms with E-state index < -0.39 is 17.1 Å². The highest BCUT2D eigenvalue weighted by Gasteiger charge is 2.30. The molecule has 2 aliphatic rings. The van der Waals surface area contributed by atoms with Crippen LogP contribution >= 0.6 is 44.8 Å². The van der Waals surface area contributed by atoms with E-state index in [2.05, 4.69) is 0 Å². The summed E-state index contributed by atoms with van der Waals surface area (Å²) in [7, 11) is 2.82. The number of aliphatic carboxylic acids is 1. The van der Waals surface area contributed by atoms with Crippen LogP contribution in [0.3, 0.4) is 0 Å². The Morgan fingerprint density at radius 2 is 2.17 bits per heavy atom. The van der Waals surface area contributed by atoms with Crippen LogP contribution in [0.15, 0.2) is 34.7 Å². The number of carbonyl (C=O) groups is 1. The Labute approximate surface area is 122 Å². The van der Waals surface area contributed by atoms with Crippen molar-refractivity contribution in [3.05, 3.63) is 34.7 Å². The Hall–Kier alpha value is -0.110. The Balaban J connectivity index is 0.000000184. The maximum absolute atomic E-state index is 10.1. The molecule has 1 heterocycles. The zero-order chi connectivity index (χ0) is 13.8. The van der Waals surface area contributed by atoms with Crippen LogP contribution in [-0.2, 0) is 4.79 Å². The van der Waals surface area contributed by atoms with Crippen molar-refractivity contribution in [2.45, 2.75) is 16.4 Å². The summed E-state index contributed by atoms with van der Waals surface area (Å²) in [4.78, 5) is 10.1. The van der Waals surface area contributed by atoms with Gasteiger partial charge < -0.3 is 15.3 Å². The fraction of sp³-hybridized carbons (Fsp3) is 0.300. The number of allylic oxidation sites excluding steroid dienone is 2. The molecule has 8 heteroatoms. The van der Waals surface area contributed by atoms with Crippen LogP contribution in [-0.4, -0.2) is 37.7 Å². The summed E-state index contributed by atoms with van der Waals surface area (Å²) < 4.78 is 0. The van der Waals surface area contributed by atoms with Crippen molar-refractivity contribution in [3.8, 4) is 0 Å². The summed E-state index contributed by atoms with van der Waals surface area (Å²) in [5.74, 6) is -0.753. The highest BCUT2D eigenvalue weighted by molar-refractivity contribution is 8.78. The summed E-state index contributed by atoms with van der Waals surface area (Å²) in [6.07, 6.45) is 4.49. The normalized spacial score (nSPS) is 33.7. The van der Waals surface area contributed by atoms with Gasteiger partial charge in [-0.2, -0.15) is 0 Å². The maximum atomic E-state index is 10.1. The van der Waals surface area contributed by atoms with Crippen LogP contribution in [0, 0.1) is 0 Å². The van der Waals surface area contributed by atoms with Crippen molar-refractivity contribution in [2.75, 3.05) is 0 Å². The highest BCUT2D eigenvalue weighted by Crippen LogP contribution is 2.35. The molecular weight excluding hydrogens is 319 g/mol. The van der Waals surface area contributed by atoms with Gasteiger partial charge in [-0.3, -0.25) is 4.79 Å². The molecule has 1 aliphatic carbocycles. The van der Waals surface area contributed by atoms with Crippen LogP contribution in [0.1, 0.15) is 0 Å². The number of hydrogen-bond donors (Lipinski definition) is 3. The zero-order valence-corrected chi connectivity index (χ0v) is 12.0. The van der Waals surface area contributed by atoms with Gasteiger partial charge in [0.25, 0.3) is 0 Å².